The van der Waals surface area contributed by atoms with Crippen LogP contribution in [0.25, 0.3) is 11.0 Å². The van der Waals surface area contributed by atoms with Crippen LogP contribution < -0.4 is 0 Å². The Hall–Kier alpha value is -2.04. The number of nitrogens with one attached hydrogen (secondary N) is 1. The Balaban J connectivity index is 2.87. The van der Waals surface area contributed by atoms with E-state index in [1.165, 1.54) is 12.1 Å². The highest BCUT2D eigenvalue weighted by molar-refractivity contribution is 6.02. The van der Waals surface area contributed by atoms with E-state index in [9.17, 15) is 9.90 Å². The van der Waals surface area contributed by atoms with Crippen LogP contribution in [0.2, 0.25) is 0 Å². The van der Waals surface area contributed by atoms with Crippen molar-refractivity contribution in [2.24, 2.45) is 0 Å². The second kappa shape index (κ2) is 2.73. The highest BCUT2D eigenvalue weighted by atomic mass is 16.4. The van der Waals surface area contributed by atoms with Gasteiger partial charge in [0.1, 0.15) is 22.6 Å². The predicted octanol–water partition coefficient (Wildman–Crippen LogP) is 1.28. The van der Waals surface area contributed by atoms with E-state index >= 15 is 0 Å². The molecule has 2 rings (SSSR count). The molecule has 0 unspecified atom stereocenters. The molecule has 1 heterocycles. The number of phenols is 1. The van der Waals surface area contributed by atoms with E-state index in [0.717, 1.165) is 0 Å². The van der Waals surface area contributed by atoms with Gasteiger partial charge in [-0.3, -0.25) is 0 Å². The number of imidazole rings is 1. The zero-order valence-corrected chi connectivity index (χ0v) is 7.40. The highest BCUT2D eigenvalue weighted by Crippen LogP contribution is 2.25. The molecule has 0 atom stereocenters. The topological polar surface area (TPSA) is 86.2 Å². The molecule has 0 saturated carbocycles. The largest absolute Gasteiger partial charge is 0.506 e. The van der Waals surface area contributed by atoms with Gasteiger partial charge in [-0.15, -0.1) is 0 Å². The first-order valence-electron chi connectivity index (χ1n) is 4.01. The SMILES string of the molecule is Cc1nc2c(C(=O)O)ccc(O)c2[nH]1. The number of fused-ring (bicyclic) bond motifs is 1. The number of aromatic hydroxyl groups is 1. The number of carboxylic acid groups (broad SMARTS) is 1. The normalized spacial score (nSPS) is 10.6. The molecule has 0 radical (unpaired) electrons. The first-order valence-corrected chi connectivity index (χ1v) is 4.01. The van der Waals surface area contributed by atoms with Crippen LogP contribution in [0, 0.1) is 6.92 Å². The van der Waals surface area contributed by atoms with Crippen molar-refractivity contribution in [2.75, 3.05) is 0 Å². The number of nitrogens with zero attached hydrogens (tertiary/aromatic N) is 1. The quantitative estimate of drug-likeness (QED) is 0.635. The average molecular weight is 192 g/mol. The Morgan fingerprint density at radius 2 is 2.21 bits per heavy atom. The minimum Gasteiger partial charge on any atom is -0.506 e. The van der Waals surface area contributed by atoms with Crippen molar-refractivity contribution >= 4 is 17.0 Å². The van der Waals surface area contributed by atoms with Crippen LogP contribution >= 0.6 is 0 Å². The lowest BCUT2D eigenvalue weighted by molar-refractivity contribution is 0.0699. The molecule has 0 amide bonds. The van der Waals surface area contributed by atoms with Gasteiger partial charge in [-0.25, -0.2) is 9.78 Å². The van der Waals surface area contributed by atoms with Crippen molar-refractivity contribution < 1.29 is 15.0 Å². The molecule has 0 bridgehead atoms. The van der Waals surface area contributed by atoms with Gasteiger partial charge in [-0.05, 0) is 19.1 Å². The Labute approximate surface area is 79.0 Å². The summed E-state index contributed by atoms with van der Waals surface area (Å²) in [6.45, 7) is 1.70. The zero-order valence-electron chi connectivity index (χ0n) is 7.40. The number of phenolic OH excluding ortho intramolecular Hbond substituents is 1. The maximum Gasteiger partial charge on any atom is 0.337 e. The second-order valence-corrected chi connectivity index (χ2v) is 2.98. The van der Waals surface area contributed by atoms with Gasteiger partial charge in [0.05, 0.1) is 5.56 Å². The molecule has 0 aliphatic heterocycles. The maximum absolute atomic E-state index is 10.8. The van der Waals surface area contributed by atoms with E-state index in [1.54, 1.807) is 6.92 Å². The van der Waals surface area contributed by atoms with Gasteiger partial charge in [-0.1, -0.05) is 0 Å². The van der Waals surface area contributed by atoms with Crippen molar-refractivity contribution in [1.29, 1.82) is 0 Å². The molecule has 5 heteroatoms. The fraction of sp³-hybridized carbons (Fsp3) is 0.111. The third-order valence-electron chi connectivity index (χ3n) is 1.97. The third kappa shape index (κ3) is 1.10. The number of benzene rings is 1. The zero-order chi connectivity index (χ0) is 10.3. The van der Waals surface area contributed by atoms with E-state index in [4.69, 9.17) is 5.11 Å². The number of hydrogen-bond donors (Lipinski definition) is 3. The number of aryl methyl sites for hydroxylation is 1. The van der Waals surface area contributed by atoms with Gasteiger partial charge in [0.2, 0.25) is 0 Å². The molecule has 0 aliphatic carbocycles. The number of hydrogen-bond acceptors (Lipinski definition) is 3. The Morgan fingerprint density at radius 3 is 2.86 bits per heavy atom. The van der Waals surface area contributed by atoms with Gasteiger partial charge in [0.15, 0.2) is 0 Å². The lowest BCUT2D eigenvalue weighted by Crippen LogP contribution is -1.97. The number of H-pyrrole nitrogens is 1. The van der Waals surface area contributed by atoms with E-state index < -0.39 is 5.97 Å². The first-order chi connectivity index (χ1) is 6.59. The van der Waals surface area contributed by atoms with Crippen LogP contribution in [0.15, 0.2) is 12.1 Å². The summed E-state index contributed by atoms with van der Waals surface area (Å²) in [5, 5.41) is 18.3. The van der Waals surface area contributed by atoms with E-state index in [2.05, 4.69) is 9.97 Å². The number of carbonyl (C=O) groups is 1. The summed E-state index contributed by atoms with van der Waals surface area (Å²) in [4.78, 5) is 17.6. The predicted molar refractivity (Wildman–Crippen MR) is 49.5 cm³/mol. The average Bonchev–Trinajstić information content (AvgIpc) is 2.47. The second-order valence-electron chi connectivity index (χ2n) is 2.98. The summed E-state index contributed by atoms with van der Waals surface area (Å²) < 4.78 is 0. The van der Waals surface area contributed by atoms with Crippen LogP contribution in [0.4, 0.5) is 0 Å². The van der Waals surface area contributed by atoms with Gasteiger partial charge in [-0.2, -0.15) is 0 Å². The highest BCUT2D eigenvalue weighted by Gasteiger charge is 2.14. The Morgan fingerprint density at radius 1 is 1.50 bits per heavy atom. The molecular weight excluding hydrogens is 184 g/mol. The molecule has 2 aromatic rings. The number of rotatable bonds is 1. The van der Waals surface area contributed by atoms with E-state index in [-0.39, 0.29) is 16.8 Å². The first kappa shape index (κ1) is 8.55. The van der Waals surface area contributed by atoms with Crippen LogP contribution in [-0.2, 0) is 0 Å². The molecule has 1 aromatic carbocycles. The van der Waals surface area contributed by atoms with E-state index in [0.29, 0.717) is 11.3 Å². The maximum atomic E-state index is 10.8. The lowest BCUT2D eigenvalue weighted by Gasteiger charge is -1.97. The summed E-state index contributed by atoms with van der Waals surface area (Å²) in [6.07, 6.45) is 0. The van der Waals surface area contributed by atoms with Crippen molar-refractivity contribution in [2.45, 2.75) is 6.92 Å². The number of aromatic nitrogens is 2. The monoisotopic (exact) mass is 192 g/mol. The summed E-state index contributed by atoms with van der Waals surface area (Å²) in [5.74, 6) is -0.476. The molecule has 0 aliphatic rings. The van der Waals surface area contributed by atoms with Crippen molar-refractivity contribution in [1.82, 2.24) is 9.97 Å². The number of aromatic amines is 1. The number of aromatic carboxylic acids is 1. The number of carboxylic acids is 1. The summed E-state index contributed by atoms with van der Waals surface area (Å²) in [7, 11) is 0. The fourth-order valence-corrected chi connectivity index (χ4v) is 1.37. The molecular formula is C9H8N2O3. The summed E-state index contributed by atoms with van der Waals surface area (Å²) >= 11 is 0. The molecule has 5 nitrogen and oxygen atoms in total. The lowest BCUT2D eigenvalue weighted by atomic mass is 10.2. The minimum absolute atomic E-state index is 0.00519. The van der Waals surface area contributed by atoms with Gasteiger partial charge in [0, 0.05) is 0 Å². The Bertz CT molecular complexity index is 516. The third-order valence-corrected chi connectivity index (χ3v) is 1.97. The molecule has 0 fully saturated rings. The van der Waals surface area contributed by atoms with E-state index in [1.807, 2.05) is 0 Å². The molecule has 1 aromatic heterocycles. The van der Waals surface area contributed by atoms with Crippen LogP contribution in [0.3, 0.4) is 0 Å². The van der Waals surface area contributed by atoms with Crippen molar-refractivity contribution in [3.8, 4) is 5.75 Å². The molecule has 0 saturated heterocycles. The van der Waals surface area contributed by atoms with Crippen LogP contribution in [0.5, 0.6) is 5.75 Å². The van der Waals surface area contributed by atoms with Crippen molar-refractivity contribution in [3.63, 3.8) is 0 Å². The fourth-order valence-electron chi connectivity index (χ4n) is 1.37. The summed E-state index contributed by atoms with van der Waals surface area (Å²) in [5.41, 5.74) is 0.736. The van der Waals surface area contributed by atoms with Gasteiger partial charge < -0.3 is 15.2 Å². The molecule has 3 N–H and O–H groups in total. The van der Waals surface area contributed by atoms with Gasteiger partial charge in [0.25, 0.3) is 0 Å². The molecule has 72 valence electrons. The smallest absolute Gasteiger partial charge is 0.337 e. The summed E-state index contributed by atoms with van der Waals surface area (Å²) in [6, 6.07) is 2.67. The van der Waals surface area contributed by atoms with Crippen LogP contribution in [-0.4, -0.2) is 26.2 Å². The Kier molecular flexibility index (Phi) is 1.67. The standard InChI is InChI=1S/C9H8N2O3/c1-4-10-7-5(9(13)14)2-3-6(12)8(7)11-4/h2-3,12H,1H3,(H,10,11)(H,13,14). The van der Waals surface area contributed by atoms with Crippen LogP contribution in [0.1, 0.15) is 16.2 Å². The molecule has 14 heavy (non-hydrogen) atoms. The molecule has 0 spiro atoms. The van der Waals surface area contributed by atoms with Gasteiger partial charge >= 0.3 is 5.97 Å². The minimum atomic E-state index is -1.05. The van der Waals surface area contributed by atoms with Crippen molar-refractivity contribution in [3.05, 3.63) is 23.5 Å².